The number of hydrogen-bond donors (Lipinski definition) is 1. The van der Waals surface area contributed by atoms with Crippen LogP contribution in [0.4, 0.5) is 0 Å². The Labute approximate surface area is 105 Å². The summed E-state index contributed by atoms with van der Waals surface area (Å²) in [7, 11) is 0. The predicted octanol–water partition coefficient (Wildman–Crippen LogP) is 2.29. The van der Waals surface area contributed by atoms with Crippen molar-refractivity contribution in [2.24, 2.45) is 0 Å². The van der Waals surface area contributed by atoms with E-state index >= 15 is 0 Å². The maximum absolute atomic E-state index is 8.96. The Bertz CT molecular complexity index is 286. The maximum atomic E-state index is 8.96. The van der Waals surface area contributed by atoms with Crippen LogP contribution in [0, 0.1) is 11.3 Å². The topological polar surface area (TPSA) is 39.1 Å². The molecular formula is C14H25N3. The van der Waals surface area contributed by atoms with Crippen molar-refractivity contribution >= 4 is 0 Å². The van der Waals surface area contributed by atoms with Gasteiger partial charge in [0.15, 0.2) is 0 Å². The van der Waals surface area contributed by atoms with Crippen LogP contribution in [-0.2, 0) is 0 Å². The molecular weight excluding hydrogens is 210 g/mol. The molecule has 1 saturated heterocycles. The van der Waals surface area contributed by atoms with Crippen LogP contribution in [0.5, 0.6) is 0 Å². The third-order valence-electron chi connectivity index (χ3n) is 4.23. The first-order valence-electron chi connectivity index (χ1n) is 7.00. The van der Waals surface area contributed by atoms with Crippen molar-refractivity contribution in [3.8, 4) is 6.07 Å². The summed E-state index contributed by atoms with van der Waals surface area (Å²) in [5.74, 6) is 0. The SMILES string of the molecule is CC1(C)CN(C2CCCCC2)C(CC#N)CN1. The third-order valence-corrected chi connectivity index (χ3v) is 4.23. The summed E-state index contributed by atoms with van der Waals surface area (Å²) in [5, 5.41) is 12.5. The number of nitrogens with one attached hydrogen (secondary N) is 1. The lowest BCUT2D eigenvalue weighted by Gasteiger charge is -2.48. The highest BCUT2D eigenvalue weighted by atomic mass is 15.3. The molecule has 0 aromatic carbocycles. The zero-order valence-corrected chi connectivity index (χ0v) is 11.2. The number of nitrogens with zero attached hydrogens (tertiary/aromatic N) is 2. The molecule has 2 rings (SSSR count). The minimum Gasteiger partial charge on any atom is -0.309 e. The van der Waals surface area contributed by atoms with Crippen molar-refractivity contribution in [3.63, 3.8) is 0 Å². The van der Waals surface area contributed by atoms with Gasteiger partial charge in [-0.1, -0.05) is 19.3 Å². The predicted molar refractivity (Wildman–Crippen MR) is 69.7 cm³/mol. The normalized spacial score (nSPS) is 31.0. The second-order valence-corrected chi connectivity index (χ2v) is 6.25. The van der Waals surface area contributed by atoms with Gasteiger partial charge in [0.2, 0.25) is 0 Å². The highest BCUT2D eigenvalue weighted by molar-refractivity contribution is 4.98. The molecule has 17 heavy (non-hydrogen) atoms. The molecule has 2 fully saturated rings. The van der Waals surface area contributed by atoms with Crippen molar-refractivity contribution in [2.45, 2.75) is 70.0 Å². The van der Waals surface area contributed by atoms with E-state index in [9.17, 15) is 0 Å². The second-order valence-electron chi connectivity index (χ2n) is 6.25. The molecule has 0 bridgehead atoms. The van der Waals surface area contributed by atoms with Crippen LogP contribution < -0.4 is 5.32 Å². The van der Waals surface area contributed by atoms with Crippen LogP contribution in [-0.4, -0.2) is 35.6 Å². The Morgan fingerprint density at radius 1 is 1.29 bits per heavy atom. The van der Waals surface area contributed by atoms with E-state index < -0.39 is 0 Å². The summed E-state index contributed by atoms with van der Waals surface area (Å²) >= 11 is 0. The van der Waals surface area contributed by atoms with Gasteiger partial charge in [-0.15, -0.1) is 0 Å². The molecule has 1 saturated carbocycles. The van der Waals surface area contributed by atoms with Crippen LogP contribution in [0.2, 0.25) is 0 Å². The smallest absolute Gasteiger partial charge is 0.0638 e. The van der Waals surface area contributed by atoms with Gasteiger partial charge < -0.3 is 5.32 Å². The fourth-order valence-electron chi connectivity index (χ4n) is 3.29. The Morgan fingerprint density at radius 2 is 2.00 bits per heavy atom. The summed E-state index contributed by atoms with van der Waals surface area (Å²) in [4.78, 5) is 2.62. The van der Waals surface area contributed by atoms with Crippen LogP contribution in [0.15, 0.2) is 0 Å². The van der Waals surface area contributed by atoms with Crippen molar-refractivity contribution in [3.05, 3.63) is 0 Å². The zero-order chi connectivity index (χ0) is 12.3. The average molecular weight is 235 g/mol. The molecule has 1 aliphatic heterocycles. The van der Waals surface area contributed by atoms with E-state index in [4.69, 9.17) is 5.26 Å². The summed E-state index contributed by atoms with van der Waals surface area (Å²) in [6.07, 6.45) is 7.47. The van der Waals surface area contributed by atoms with Gasteiger partial charge >= 0.3 is 0 Å². The van der Waals surface area contributed by atoms with Gasteiger partial charge in [-0.25, -0.2) is 0 Å². The van der Waals surface area contributed by atoms with Gasteiger partial charge in [0.1, 0.15) is 0 Å². The van der Waals surface area contributed by atoms with E-state index in [1.54, 1.807) is 0 Å². The average Bonchev–Trinajstić information content (AvgIpc) is 2.32. The molecule has 0 amide bonds. The molecule has 0 spiro atoms. The van der Waals surface area contributed by atoms with E-state index in [0.717, 1.165) is 19.1 Å². The molecule has 2 aliphatic rings. The summed E-state index contributed by atoms with van der Waals surface area (Å²) < 4.78 is 0. The van der Waals surface area contributed by atoms with Crippen LogP contribution in [0.3, 0.4) is 0 Å². The highest BCUT2D eigenvalue weighted by Gasteiger charge is 2.36. The molecule has 3 nitrogen and oxygen atoms in total. The number of nitriles is 1. The first-order valence-corrected chi connectivity index (χ1v) is 7.00. The van der Waals surface area contributed by atoms with Crippen LogP contribution in [0.25, 0.3) is 0 Å². The summed E-state index contributed by atoms with van der Waals surface area (Å²) in [5.41, 5.74) is 0.198. The first-order chi connectivity index (χ1) is 8.12. The fourth-order valence-corrected chi connectivity index (χ4v) is 3.29. The molecule has 1 aliphatic carbocycles. The minimum absolute atomic E-state index is 0.198. The first kappa shape index (κ1) is 12.9. The Hall–Kier alpha value is -0.590. The summed E-state index contributed by atoms with van der Waals surface area (Å²) in [6, 6.07) is 3.50. The third kappa shape index (κ3) is 3.20. The molecule has 1 heterocycles. The standard InChI is InChI=1S/C14H25N3/c1-14(2)11-17(12-6-4-3-5-7-12)13(8-9-15)10-16-14/h12-13,16H,3-8,10-11H2,1-2H3. The molecule has 3 heteroatoms. The number of hydrogen-bond acceptors (Lipinski definition) is 3. The van der Waals surface area contributed by atoms with E-state index in [-0.39, 0.29) is 5.54 Å². The molecule has 0 aromatic rings. The van der Waals surface area contributed by atoms with Crippen molar-refractivity contribution in [2.75, 3.05) is 13.1 Å². The van der Waals surface area contributed by atoms with Gasteiger partial charge in [-0.05, 0) is 26.7 Å². The molecule has 1 atom stereocenters. The van der Waals surface area contributed by atoms with E-state index in [1.165, 1.54) is 32.1 Å². The summed E-state index contributed by atoms with van der Waals surface area (Å²) in [6.45, 7) is 6.60. The van der Waals surface area contributed by atoms with Gasteiger partial charge in [0, 0.05) is 30.7 Å². The molecule has 0 aromatic heterocycles. The molecule has 1 N–H and O–H groups in total. The number of rotatable bonds is 2. The Morgan fingerprint density at radius 3 is 2.65 bits per heavy atom. The van der Waals surface area contributed by atoms with Crippen LogP contribution >= 0.6 is 0 Å². The number of piperazine rings is 1. The van der Waals surface area contributed by atoms with Gasteiger partial charge in [0.05, 0.1) is 12.5 Å². The second kappa shape index (κ2) is 5.37. The van der Waals surface area contributed by atoms with Gasteiger partial charge in [-0.2, -0.15) is 5.26 Å². The Kier molecular flexibility index (Phi) is 4.06. The van der Waals surface area contributed by atoms with Gasteiger partial charge in [-0.3, -0.25) is 4.90 Å². The van der Waals surface area contributed by atoms with Crippen molar-refractivity contribution < 1.29 is 0 Å². The highest BCUT2D eigenvalue weighted by Crippen LogP contribution is 2.28. The van der Waals surface area contributed by atoms with Crippen molar-refractivity contribution in [1.29, 1.82) is 5.26 Å². The monoisotopic (exact) mass is 235 g/mol. The lowest BCUT2D eigenvalue weighted by Crippen LogP contribution is -2.64. The van der Waals surface area contributed by atoms with E-state index in [0.29, 0.717) is 12.5 Å². The van der Waals surface area contributed by atoms with Gasteiger partial charge in [0.25, 0.3) is 0 Å². The lowest BCUT2D eigenvalue weighted by atomic mass is 9.89. The largest absolute Gasteiger partial charge is 0.309 e. The molecule has 96 valence electrons. The Balaban J connectivity index is 2.04. The quantitative estimate of drug-likeness (QED) is 0.798. The van der Waals surface area contributed by atoms with E-state index in [2.05, 4.69) is 30.1 Å². The zero-order valence-electron chi connectivity index (χ0n) is 11.2. The maximum Gasteiger partial charge on any atom is 0.0638 e. The van der Waals surface area contributed by atoms with E-state index in [1.807, 2.05) is 0 Å². The van der Waals surface area contributed by atoms with Crippen LogP contribution in [0.1, 0.15) is 52.4 Å². The molecule has 1 unspecified atom stereocenters. The van der Waals surface area contributed by atoms with Crippen molar-refractivity contribution in [1.82, 2.24) is 10.2 Å². The minimum atomic E-state index is 0.198. The lowest BCUT2D eigenvalue weighted by molar-refractivity contribution is 0.0399. The fraction of sp³-hybridized carbons (Fsp3) is 0.929. The molecule has 0 radical (unpaired) electrons.